The molecule has 0 aromatic carbocycles. The van der Waals surface area contributed by atoms with Crippen molar-refractivity contribution in [2.45, 2.75) is 103 Å². The van der Waals surface area contributed by atoms with Crippen LogP contribution in [-0.2, 0) is 9.22 Å². The lowest BCUT2D eigenvalue weighted by Gasteiger charge is -2.64. The number of hydrogen-bond donors (Lipinski definition) is 1. The predicted octanol–water partition coefficient (Wildman–Crippen LogP) is 5.18. The Labute approximate surface area is 172 Å². The van der Waals surface area contributed by atoms with E-state index in [4.69, 9.17) is 4.43 Å². The van der Waals surface area contributed by atoms with Crippen molar-refractivity contribution in [3.05, 3.63) is 0 Å². The first-order chi connectivity index (χ1) is 13.0. The summed E-state index contributed by atoms with van der Waals surface area (Å²) in [4.78, 5) is 13.1. The van der Waals surface area contributed by atoms with E-state index < -0.39 is 13.9 Å². The van der Waals surface area contributed by atoms with Gasteiger partial charge in [0.1, 0.15) is 5.78 Å². The first-order valence-corrected chi connectivity index (χ1v) is 15.3. The van der Waals surface area contributed by atoms with E-state index in [0.29, 0.717) is 35.4 Å². The molecule has 0 spiro atoms. The zero-order valence-corrected chi connectivity index (χ0v) is 19.6. The summed E-state index contributed by atoms with van der Waals surface area (Å²) >= 11 is 0. The summed E-state index contributed by atoms with van der Waals surface area (Å²) in [7, 11) is -1.59. The van der Waals surface area contributed by atoms with Crippen LogP contribution in [0.3, 0.4) is 0 Å². The summed E-state index contributed by atoms with van der Waals surface area (Å²) in [6, 6.07) is 0. The average Bonchev–Trinajstić information content (AvgIpc) is 2.70. The Morgan fingerprint density at radius 2 is 1.71 bits per heavy atom. The van der Waals surface area contributed by atoms with E-state index in [1.807, 2.05) is 0 Å². The monoisotopic (exact) mass is 404 g/mol. The Kier molecular flexibility index (Phi) is 4.19. The Bertz CT molecular complexity index is 686. The molecule has 4 heteroatoms. The highest BCUT2D eigenvalue weighted by Crippen LogP contribution is 2.70. The maximum absolute atomic E-state index is 13.1. The smallest absolute Gasteiger partial charge is 0.184 e. The van der Waals surface area contributed by atoms with E-state index in [2.05, 4.69) is 33.5 Å². The van der Waals surface area contributed by atoms with Crippen LogP contribution in [0, 0.1) is 40.4 Å². The van der Waals surface area contributed by atoms with Gasteiger partial charge in [-0.1, -0.05) is 13.8 Å². The molecule has 5 rings (SSSR count). The molecule has 5 aliphatic rings. The highest BCUT2D eigenvalue weighted by molar-refractivity contribution is 6.69. The Morgan fingerprint density at radius 3 is 2.36 bits per heavy atom. The van der Waals surface area contributed by atoms with Gasteiger partial charge in [0.2, 0.25) is 0 Å². The maximum atomic E-state index is 13.1. The van der Waals surface area contributed by atoms with Crippen LogP contribution >= 0.6 is 0 Å². The number of hydrogen-bond acceptors (Lipinski definition) is 3. The van der Waals surface area contributed by atoms with Crippen molar-refractivity contribution in [2.24, 2.45) is 40.4 Å². The quantitative estimate of drug-likeness (QED) is 0.645. The van der Waals surface area contributed by atoms with Gasteiger partial charge in [0, 0.05) is 23.9 Å². The molecule has 0 aromatic heterocycles. The molecule has 5 aliphatic carbocycles. The molecule has 1 N–H and O–H groups in total. The Morgan fingerprint density at radius 1 is 0.964 bits per heavy atom. The number of Topliss-reactive ketones (excluding diaryl/α,β-unsaturated/α-hetero) is 1. The van der Waals surface area contributed by atoms with Crippen molar-refractivity contribution in [1.82, 2.24) is 0 Å². The van der Waals surface area contributed by atoms with Crippen LogP contribution in [0.5, 0.6) is 0 Å². The second kappa shape index (κ2) is 5.94. The zero-order chi connectivity index (χ0) is 20.1. The van der Waals surface area contributed by atoms with Crippen molar-refractivity contribution < 1.29 is 14.3 Å². The lowest BCUT2D eigenvalue weighted by molar-refractivity contribution is -0.219. The number of carbonyl (C=O) groups is 1. The van der Waals surface area contributed by atoms with Crippen LogP contribution in [-0.4, -0.2) is 30.9 Å². The van der Waals surface area contributed by atoms with Crippen LogP contribution in [0.1, 0.15) is 71.6 Å². The van der Waals surface area contributed by atoms with Crippen LogP contribution in [0.2, 0.25) is 19.6 Å². The summed E-state index contributed by atoms with van der Waals surface area (Å²) in [6.45, 7) is 11.5. The second-order valence-corrected chi connectivity index (χ2v) is 17.0. The van der Waals surface area contributed by atoms with E-state index in [9.17, 15) is 9.90 Å². The largest absolute Gasteiger partial charge is 0.415 e. The lowest BCUT2D eigenvalue weighted by atomic mass is 9.43. The van der Waals surface area contributed by atoms with E-state index >= 15 is 0 Å². The molecule has 5 saturated carbocycles. The van der Waals surface area contributed by atoms with Crippen LogP contribution in [0.15, 0.2) is 0 Å². The molecule has 9 atom stereocenters. The molecule has 0 bridgehead atoms. The molecule has 0 saturated heterocycles. The van der Waals surface area contributed by atoms with Gasteiger partial charge in [-0.2, -0.15) is 0 Å². The first-order valence-electron chi connectivity index (χ1n) is 11.9. The van der Waals surface area contributed by atoms with Crippen LogP contribution in [0.25, 0.3) is 0 Å². The second-order valence-electron chi connectivity index (χ2n) is 12.5. The van der Waals surface area contributed by atoms with E-state index in [1.165, 1.54) is 6.42 Å². The molecule has 0 unspecified atom stereocenters. The fourth-order valence-electron chi connectivity index (χ4n) is 8.84. The molecule has 0 aromatic rings. The minimum absolute atomic E-state index is 0.00142. The van der Waals surface area contributed by atoms with Crippen LogP contribution < -0.4 is 0 Å². The number of rotatable bonds is 2. The lowest BCUT2D eigenvalue weighted by Crippen LogP contribution is -2.63. The van der Waals surface area contributed by atoms with Crippen molar-refractivity contribution in [2.75, 3.05) is 0 Å². The molecule has 158 valence electrons. The summed E-state index contributed by atoms with van der Waals surface area (Å²) < 4.78 is 6.45. The summed E-state index contributed by atoms with van der Waals surface area (Å²) in [6.07, 6.45) is 9.89. The molecular weight excluding hydrogens is 364 g/mol. The van der Waals surface area contributed by atoms with Crippen molar-refractivity contribution >= 4 is 14.1 Å². The molecule has 0 aliphatic heterocycles. The van der Waals surface area contributed by atoms with Gasteiger partial charge in [-0.15, -0.1) is 0 Å². The molecule has 0 radical (unpaired) electrons. The maximum Gasteiger partial charge on any atom is 0.184 e. The predicted molar refractivity (Wildman–Crippen MR) is 113 cm³/mol. The standard InChI is InChI=1S/C24H40O3Si/c1-22-11-10-19-18(20(22)16-6-7-17(16)21(22)25)9-13-24(26)14-15(27-28(3,4)5)8-12-23(19,24)2/h15-20,26H,6-14H2,1-5H3/t15-,16+,17-,18+,19-,20-,22-,23+,24-/m0/s1. The average molecular weight is 405 g/mol. The van der Waals surface area contributed by atoms with Crippen molar-refractivity contribution in [3.8, 4) is 0 Å². The van der Waals surface area contributed by atoms with Gasteiger partial charge in [0.15, 0.2) is 8.32 Å². The summed E-state index contributed by atoms with van der Waals surface area (Å²) in [5.41, 5.74) is -0.634. The normalized spacial score (nSPS) is 55.6. The highest BCUT2D eigenvalue weighted by atomic mass is 28.4. The number of ketones is 1. The van der Waals surface area contributed by atoms with Gasteiger partial charge < -0.3 is 9.53 Å². The van der Waals surface area contributed by atoms with Gasteiger partial charge in [-0.05, 0) is 100 Å². The summed E-state index contributed by atoms with van der Waals surface area (Å²) in [5.74, 6) is 3.47. The highest BCUT2D eigenvalue weighted by Gasteiger charge is 2.69. The first kappa shape index (κ1) is 19.8. The van der Waals surface area contributed by atoms with Crippen molar-refractivity contribution in [3.63, 3.8) is 0 Å². The Balaban J connectivity index is 1.42. The number of fused-ring (bicyclic) bond motifs is 7. The minimum atomic E-state index is -1.59. The SMILES string of the molecule is C[C@]12CC[C@H]3[C@@H](CC[C@]4(O)C[C@@H](O[Si](C)(C)C)CC[C@]34C)[C@@H]1[C@@H]1CC[C@@H]1C2=O. The summed E-state index contributed by atoms with van der Waals surface area (Å²) in [5, 5.41) is 11.9. The molecule has 28 heavy (non-hydrogen) atoms. The van der Waals surface area contributed by atoms with Gasteiger partial charge in [-0.25, -0.2) is 0 Å². The van der Waals surface area contributed by atoms with E-state index in [1.54, 1.807) is 0 Å². The fourth-order valence-corrected chi connectivity index (χ4v) is 10.0. The van der Waals surface area contributed by atoms with Crippen molar-refractivity contribution in [1.29, 1.82) is 0 Å². The third-order valence-electron chi connectivity index (χ3n) is 10.2. The zero-order valence-electron chi connectivity index (χ0n) is 18.6. The molecule has 5 fully saturated rings. The third-order valence-corrected chi connectivity index (χ3v) is 11.3. The minimum Gasteiger partial charge on any atom is -0.415 e. The topological polar surface area (TPSA) is 46.5 Å². The number of carbonyl (C=O) groups excluding carboxylic acids is 1. The van der Waals surface area contributed by atoms with Gasteiger partial charge in [-0.3, -0.25) is 4.79 Å². The molecular formula is C24H40O3Si. The van der Waals surface area contributed by atoms with Gasteiger partial charge in [0.25, 0.3) is 0 Å². The molecule has 0 heterocycles. The molecule has 3 nitrogen and oxygen atoms in total. The van der Waals surface area contributed by atoms with E-state index in [-0.39, 0.29) is 16.9 Å². The third kappa shape index (κ3) is 2.49. The fraction of sp³-hybridized carbons (Fsp3) is 0.958. The van der Waals surface area contributed by atoms with E-state index in [0.717, 1.165) is 51.4 Å². The van der Waals surface area contributed by atoms with Gasteiger partial charge >= 0.3 is 0 Å². The van der Waals surface area contributed by atoms with Gasteiger partial charge in [0.05, 0.1) is 5.60 Å². The molecule has 0 amide bonds. The number of aliphatic hydroxyl groups is 1. The van der Waals surface area contributed by atoms with Crippen LogP contribution in [0.4, 0.5) is 0 Å². The Hall–Kier alpha value is -0.193.